The molecule has 4 aromatic rings. The van der Waals surface area contributed by atoms with Gasteiger partial charge in [-0.05, 0) is 87.0 Å². The molecule has 1 spiro atoms. The van der Waals surface area contributed by atoms with Crippen LogP contribution in [0.15, 0.2) is 72.8 Å². The molecule has 2 fully saturated rings. The largest absolute Gasteiger partial charge is 0.496 e. The number of H-pyrrole nitrogens is 1. The normalized spacial score (nSPS) is 30.0. The second kappa shape index (κ2) is 18.3. The number of aromatic nitrogens is 1. The molecule has 1 saturated heterocycles. The predicted molar refractivity (Wildman–Crippen MR) is 263 cm³/mol. The summed E-state index contributed by atoms with van der Waals surface area (Å²) in [6, 6.07) is 15.7. The van der Waals surface area contributed by atoms with E-state index in [1.54, 1.807) is 7.11 Å². The summed E-state index contributed by atoms with van der Waals surface area (Å²) < 4.78 is 29.9. The van der Waals surface area contributed by atoms with Crippen LogP contribution in [0.25, 0.3) is 10.9 Å². The van der Waals surface area contributed by atoms with Crippen molar-refractivity contribution in [3.8, 4) is 11.5 Å². The standard InChI is InChI=1S/C53H64N6O12/c1-9-49(55-48(63)71-34-19-17-33(18-20-34)59(65)66)23-24-51(46(61)68-7,42-36(21-27-57(11-3)31-49)35-15-12-13-16-39(35)54-42)38-29-37-40(30-41(38)67-6)56(5)44-52(37)25-28-58-26-14-22-50(10-2,43(52)58)45(70-32(4)60)53(44,64)47(62)69-8/h12-20,22,29-30,43-45,54,64H,9-11,21,23-28,31H2,1-8H3,(H,55,63)/t43-,44?,45+,49?,50+,51-,52+,53-/m0/s1. The van der Waals surface area contributed by atoms with Gasteiger partial charge in [-0.2, -0.15) is 0 Å². The van der Waals surface area contributed by atoms with Gasteiger partial charge in [-0.15, -0.1) is 0 Å². The van der Waals surface area contributed by atoms with Gasteiger partial charge in [0.05, 0.1) is 37.8 Å². The van der Waals surface area contributed by atoms with Gasteiger partial charge in [0.1, 0.15) is 16.9 Å². The van der Waals surface area contributed by atoms with Gasteiger partial charge in [0, 0.05) is 96.5 Å². The second-order valence-corrected chi connectivity index (χ2v) is 19.9. The number of non-ortho nitro benzene ring substituents is 1. The quantitative estimate of drug-likeness (QED) is 0.0510. The lowest BCUT2D eigenvalue weighted by Gasteiger charge is -2.63. The molecule has 1 aromatic heterocycles. The monoisotopic (exact) mass is 976 g/mol. The van der Waals surface area contributed by atoms with E-state index in [4.69, 9.17) is 23.7 Å². The molecular weight excluding hydrogens is 913 g/mol. The minimum atomic E-state index is -2.38. The lowest BCUT2D eigenvalue weighted by atomic mass is 9.47. The van der Waals surface area contributed by atoms with Gasteiger partial charge >= 0.3 is 24.0 Å². The van der Waals surface area contributed by atoms with E-state index >= 15 is 4.79 Å². The number of hydrogen-bond acceptors (Lipinski definition) is 15. The van der Waals surface area contributed by atoms with Crippen LogP contribution in [0.1, 0.15) is 82.2 Å². The zero-order valence-corrected chi connectivity index (χ0v) is 41.7. The molecule has 5 heterocycles. The number of rotatable bonds is 11. The van der Waals surface area contributed by atoms with E-state index in [1.165, 1.54) is 45.4 Å². The summed E-state index contributed by atoms with van der Waals surface area (Å²) >= 11 is 0. The molecule has 18 nitrogen and oxygen atoms in total. The van der Waals surface area contributed by atoms with Crippen LogP contribution >= 0.6 is 0 Å². The maximum Gasteiger partial charge on any atom is 0.413 e. The SMILES string of the molecule is CCN1CCc2c([nH]c3ccccc23)[C@@](C(=O)OC)(c2cc3c(cc2OC)N(C)C2[C@]34CCN3CC=C[C@@](CC)([C@@H](OC(C)=O)[C@]2(O)C(=O)OC)[C@H]34)CCC(CC)(NC(=O)Oc2ccc([N+](=O)[O-])cc2)C1. The molecular formula is C53H64N6O12. The fraction of sp³-hybridized carbons (Fsp3) is 0.509. The lowest BCUT2D eigenvalue weighted by molar-refractivity contribution is -0.384. The van der Waals surface area contributed by atoms with Gasteiger partial charge in [0.25, 0.3) is 5.69 Å². The Kier molecular flexibility index (Phi) is 12.7. The number of benzene rings is 3. The molecule has 0 radical (unpaired) electrons. The Labute approximate surface area is 412 Å². The highest BCUT2D eigenvalue weighted by Gasteiger charge is 2.80. The summed E-state index contributed by atoms with van der Waals surface area (Å²) in [4.78, 5) is 78.6. The first-order valence-electron chi connectivity index (χ1n) is 24.5. The number of anilines is 1. The fourth-order valence-corrected chi connectivity index (χ4v) is 13.8. The molecule has 3 N–H and O–H groups in total. The third-order valence-corrected chi connectivity index (χ3v) is 16.9. The van der Waals surface area contributed by atoms with Crippen molar-refractivity contribution in [1.82, 2.24) is 20.1 Å². The number of carbonyl (C=O) groups excluding carboxylic acids is 4. The summed E-state index contributed by atoms with van der Waals surface area (Å²) in [6.07, 6.45) is 4.07. The van der Waals surface area contributed by atoms with Crippen LogP contribution in [0.2, 0.25) is 0 Å². The highest BCUT2D eigenvalue weighted by atomic mass is 16.6. The number of hydrogen-bond donors (Lipinski definition) is 3. The summed E-state index contributed by atoms with van der Waals surface area (Å²) in [5.74, 6) is -1.68. The first kappa shape index (κ1) is 49.5. The predicted octanol–water partition coefficient (Wildman–Crippen LogP) is 6.09. The zero-order chi connectivity index (χ0) is 50.8. The smallest absolute Gasteiger partial charge is 0.413 e. The van der Waals surface area contributed by atoms with Gasteiger partial charge in [0.15, 0.2) is 6.10 Å². The second-order valence-electron chi connectivity index (χ2n) is 19.9. The molecule has 378 valence electrons. The maximum absolute atomic E-state index is 15.7. The third-order valence-electron chi connectivity index (χ3n) is 16.9. The number of methoxy groups -OCH3 is 3. The molecule has 8 atom stereocenters. The number of esters is 3. The van der Waals surface area contributed by atoms with Gasteiger partial charge in [-0.1, -0.05) is 51.1 Å². The van der Waals surface area contributed by atoms with Crippen LogP contribution in [-0.4, -0.2) is 139 Å². The maximum atomic E-state index is 15.7. The highest BCUT2D eigenvalue weighted by Crippen LogP contribution is 2.68. The number of nitrogens with zero attached hydrogens (tertiary/aromatic N) is 4. The van der Waals surface area contributed by atoms with Crippen molar-refractivity contribution in [2.45, 2.75) is 106 Å². The summed E-state index contributed by atoms with van der Waals surface area (Å²) in [5.41, 5.74) is -2.96. The molecule has 18 heteroatoms. The number of fused-ring (bicyclic) bond motifs is 4. The number of aromatic amines is 1. The Bertz CT molecular complexity index is 2810. The van der Waals surface area contributed by atoms with Crippen LogP contribution in [-0.2, 0) is 45.8 Å². The van der Waals surface area contributed by atoms with E-state index in [0.29, 0.717) is 81.1 Å². The van der Waals surface area contributed by atoms with Gasteiger partial charge in [0.2, 0.25) is 5.60 Å². The molecule has 1 amide bonds. The van der Waals surface area contributed by atoms with Crippen molar-refractivity contribution >= 4 is 46.3 Å². The Morgan fingerprint density at radius 1 is 0.915 bits per heavy atom. The number of aliphatic hydroxyl groups is 1. The van der Waals surface area contributed by atoms with Crippen LogP contribution in [0.3, 0.4) is 0 Å². The number of likely N-dealkylation sites (N-methyl/N-ethyl adjacent to an activating group) is 2. The van der Waals surface area contributed by atoms with Crippen LogP contribution in [0.5, 0.6) is 11.5 Å². The topological polar surface area (TPSA) is 215 Å². The van der Waals surface area contributed by atoms with Crippen molar-refractivity contribution < 1.29 is 52.9 Å². The van der Waals surface area contributed by atoms with E-state index in [9.17, 15) is 29.6 Å². The summed E-state index contributed by atoms with van der Waals surface area (Å²) in [7, 11) is 5.95. The molecule has 1 aliphatic carbocycles. The van der Waals surface area contributed by atoms with E-state index < -0.39 is 74.5 Å². The van der Waals surface area contributed by atoms with Crippen molar-refractivity contribution in [2.75, 3.05) is 66.0 Å². The van der Waals surface area contributed by atoms with Crippen molar-refractivity contribution in [1.29, 1.82) is 0 Å². The summed E-state index contributed by atoms with van der Waals surface area (Å²) in [5, 5.41) is 29.0. The average molecular weight is 977 g/mol. The number of para-hydroxylation sites is 1. The molecule has 5 aliphatic rings. The van der Waals surface area contributed by atoms with Crippen molar-refractivity contribution in [3.05, 3.63) is 105 Å². The van der Waals surface area contributed by atoms with Gasteiger partial charge in [-0.3, -0.25) is 24.6 Å². The molecule has 2 unspecified atom stereocenters. The Morgan fingerprint density at radius 2 is 1.65 bits per heavy atom. The number of ether oxygens (including phenoxy) is 5. The first-order chi connectivity index (χ1) is 34.0. The Hall–Kier alpha value is -6.50. The minimum absolute atomic E-state index is 0.0852. The van der Waals surface area contributed by atoms with Crippen LogP contribution in [0.4, 0.5) is 16.2 Å². The molecule has 4 aliphatic heterocycles. The van der Waals surface area contributed by atoms with E-state index in [2.05, 4.69) is 27.0 Å². The van der Waals surface area contributed by atoms with Crippen molar-refractivity contribution in [2.24, 2.45) is 5.41 Å². The van der Waals surface area contributed by atoms with E-state index in [0.717, 1.165) is 22.0 Å². The van der Waals surface area contributed by atoms with Crippen LogP contribution < -0.4 is 19.7 Å². The van der Waals surface area contributed by atoms with Gasteiger partial charge < -0.3 is 48.9 Å². The zero-order valence-electron chi connectivity index (χ0n) is 41.7. The minimum Gasteiger partial charge on any atom is -0.496 e. The molecule has 0 bridgehead atoms. The number of amides is 1. The molecule has 9 rings (SSSR count). The van der Waals surface area contributed by atoms with Gasteiger partial charge in [-0.25, -0.2) is 9.59 Å². The third kappa shape index (κ3) is 7.29. The molecule has 71 heavy (non-hydrogen) atoms. The molecule has 3 aromatic carbocycles. The lowest BCUT2D eigenvalue weighted by Crippen LogP contribution is -2.81. The number of nitrogens with one attached hydrogen (secondary N) is 2. The first-order valence-corrected chi connectivity index (χ1v) is 24.5. The summed E-state index contributed by atoms with van der Waals surface area (Å²) in [6.45, 7) is 10.1. The van der Waals surface area contributed by atoms with Crippen molar-refractivity contribution in [3.63, 3.8) is 0 Å². The number of carbonyl (C=O) groups is 4. The molecule has 1 saturated carbocycles. The number of nitro benzene ring substituents is 1. The highest BCUT2D eigenvalue weighted by molar-refractivity contribution is 5.95. The fourth-order valence-electron chi connectivity index (χ4n) is 13.8. The number of nitro groups is 1. The van der Waals surface area contributed by atoms with E-state index in [-0.39, 0.29) is 24.3 Å². The Morgan fingerprint density at radius 3 is 2.30 bits per heavy atom. The van der Waals surface area contributed by atoms with E-state index in [1.807, 2.05) is 74.3 Å². The average Bonchev–Trinajstić information content (AvgIpc) is 4.03. The Balaban J connectivity index is 1.29. The van der Waals surface area contributed by atoms with Crippen LogP contribution in [0, 0.1) is 15.5 Å².